The van der Waals surface area contributed by atoms with Gasteiger partial charge in [-0.15, -0.1) is 34.0 Å². The van der Waals surface area contributed by atoms with E-state index >= 15 is 0 Å². The van der Waals surface area contributed by atoms with Gasteiger partial charge in [-0.05, 0) is 183 Å². The zero-order valence-corrected chi connectivity index (χ0v) is 63.7. The fraction of sp³-hybridized carbons (Fsp3) is 0.272. The number of aromatic nitrogens is 9. The van der Waals surface area contributed by atoms with Gasteiger partial charge in [0.05, 0.1) is 70.6 Å². The quantitative estimate of drug-likeness (QED) is 0.0335. The first kappa shape index (κ1) is 78.4. The second-order valence-corrected chi connectivity index (χ2v) is 31.4. The maximum atomic E-state index is 13.4. The second-order valence-electron chi connectivity index (χ2n) is 26.1. The van der Waals surface area contributed by atoms with Crippen LogP contribution in [0.4, 0.5) is 0 Å². The predicted octanol–water partition coefficient (Wildman–Crippen LogP) is 15.9. The SMILES string of the molecule is Cc1cc(C(=O)Cc2cccc(C(O)c3nccs3)c2)n(-c2cccc(C#N)c2)n1.Cc1cc(C(=O)Cc2cccc(C(OCC3CC3)c3nccs3)c2)n(-c2cccc(C#N)c2)n1.Cc1cc(C(=O)Cc2cccc(C(OCC3CC3)c3nccs3)c2)n(-c2cccc(CN)c2)n1.O=S(Cl)Cl.OCC1CC1. The summed E-state index contributed by atoms with van der Waals surface area (Å²) in [5.74, 6) is 1.88. The Balaban J connectivity index is 0.000000151. The van der Waals surface area contributed by atoms with Gasteiger partial charge in [0.1, 0.15) is 50.4 Å². The predicted molar refractivity (Wildman–Crippen MR) is 417 cm³/mol. The molecule has 3 unspecified atom stereocenters. The molecular weight excluding hydrogens is 1470 g/mol. The van der Waals surface area contributed by atoms with Crippen molar-refractivity contribution in [1.29, 1.82) is 10.5 Å². The molecule has 3 atom stereocenters. The standard InChI is InChI=1S/C27H28N4O2S.C27H24N4O2S.C23H18N4O2S.C4H8O.Cl2OS/c2*1-18-12-24(31(30-18)23-7-3-5-21(14-23)16-28)25(32)15-20-4-2-6-22(13-20)26(27-29-10-11-34-27)33-17-19-8-9-19;1-15-10-20(27(26-15)19-7-3-5-17(12-19)14-24)21(28)13-16-4-2-6-18(11-16)22(29)23-25-8-9-30-23;5-3-4-1-2-4;1-4(2)3/h2-7,10-14,19,26H,8-9,15-17,28H2,1H3;2-7,10-14,19,26H,8-9,15,17H2,1H3;2-12,22,29H,13H2,1H3;4-5H,1-3H2;. The van der Waals surface area contributed by atoms with Crippen LogP contribution in [0, 0.1) is 61.2 Å². The van der Waals surface area contributed by atoms with E-state index in [1.165, 1.54) is 49.9 Å². The van der Waals surface area contributed by atoms with Crippen molar-refractivity contribution in [2.45, 2.75) is 103 Å². The summed E-state index contributed by atoms with van der Waals surface area (Å²) < 4.78 is 26.6. The van der Waals surface area contributed by atoms with Gasteiger partial charge in [-0.2, -0.15) is 25.8 Å². The van der Waals surface area contributed by atoms with Crippen LogP contribution in [0.5, 0.6) is 0 Å². The van der Waals surface area contributed by atoms with Crippen LogP contribution in [-0.2, 0) is 44.5 Å². The molecule has 0 radical (unpaired) electrons. The van der Waals surface area contributed by atoms with E-state index in [4.69, 9.17) is 29.8 Å². The van der Waals surface area contributed by atoms with E-state index in [1.54, 1.807) is 97.6 Å². The largest absolute Gasteiger partial charge is 0.396 e. The van der Waals surface area contributed by atoms with Crippen molar-refractivity contribution in [1.82, 2.24) is 44.3 Å². The Kier molecular flexibility index (Phi) is 28.0. The average molecular weight is 1550 g/mol. The first-order valence-corrected chi connectivity index (χ1v) is 40.2. The number of benzene rings is 6. The molecule has 107 heavy (non-hydrogen) atoms. The molecule has 0 amide bonds. The lowest BCUT2D eigenvalue weighted by molar-refractivity contribution is 0.0715. The van der Waals surface area contributed by atoms with Gasteiger partial charge in [0.2, 0.25) is 9.23 Å². The first-order valence-electron chi connectivity index (χ1n) is 34.7. The van der Waals surface area contributed by atoms with Gasteiger partial charge < -0.3 is 25.4 Å². The number of carbonyl (C=O) groups excluding carboxylic acids is 3. The molecule has 0 aliphatic heterocycles. The van der Waals surface area contributed by atoms with Gasteiger partial charge in [0, 0.05) is 88.5 Å². The molecule has 15 rings (SSSR count). The van der Waals surface area contributed by atoms with Gasteiger partial charge in [0.25, 0.3) is 0 Å². The lowest BCUT2D eigenvalue weighted by Gasteiger charge is -2.17. The maximum Gasteiger partial charge on any atom is 0.211 e. The summed E-state index contributed by atoms with van der Waals surface area (Å²) in [5, 5.41) is 58.9. The molecule has 548 valence electrons. The fourth-order valence-corrected chi connectivity index (χ4v) is 13.6. The van der Waals surface area contributed by atoms with Gasteiger partial charge in [-0.1, -0.05) is 97.1 Å². The number of ether oxygens (including phenoxy) is 2. The number of thiazole rings is 3. The second kappa shape index (κ2) is 38.2. The molecule has 12 aromatic rings. The molecule has 20 nitrogen and oxygen atoms in total. The van der Waals surface area contributed by atoms with Gasteiger partial charge >= 0.3 is 0 Å². The van der Waals surface area contributed by atoms with Gasteiger partial charge in [-0.3, -0.25) is 14.4 Å². The fourth-order valence-electron chi connectivity index (χ4n) is 11.5. The third kappa shape index (κ3) is 22.7. The minimum absolute atomic E-state index is 0.0144. The zero-order valence-electron chi connectivity index (χ0n) is 58.9. The van der Waals surface area contributed by atoms with Crippen molar-refractivity contribution in [3.8, 4) is 29.2 Å². The third-order valence-corrected chi connectivity index (χ3v) is 19.9. The van der Waals surface area contributed by atoms with Crippen LogP contribution in [0.2, 0.25) is 0 Å². The summed E-state index contributed by atoms with van der Waals surface area (Å²) in [6, 6.07) is 55.0. The van der Waals surface area contributed by atoms with E-state index < -0.39 is 15.3 Å². The molecule has 0 saturated heterocycles. The summed E-state index contributed by atoms with van der Waals surface area (Å²) in [4.78, 5) is 53.0. The van der Waals surface area contributed by atoms with E-state index in [2.05, 4.69) is 75.9 Å². The van der Waals surface area contributed by atoms with Gasteiger partial charge in [0.15, 0.2) is 17.3 Å². The number of nitrogens with two attached hydrogens (primary N) is 1. The van der Waals surface area contributed by atoms with Crippen LogP contribution < -0.4 is 5.73 Å². The molecule has 0 spiro atoms. The Morgan fingerprint density at radius 1 is 0.514 bits per heavy atom. The Morgan fingerprint density at radius 2 is 0.860 bits per heavy atom. The smallest absolute Gasteiger partial charge is 0.211 e. The molecule has 6 heterocycles. The van der Waals surface area contributed by atoms with Crippen LogP contribution in [-0.4, -0.2) is 95.9 Å². The number of aliphatic hydroxyl groups excluding tert-OH is 2. The summed E-state index contributed by atoms with van der Waals surface area (Å²) >= 11 is 4.56. The number of carbonyl (C=O) groups is 3. The third-order valence-electron chi connectivity index (χ3n) is 17.4. The van der Waals surface area contributed by atoms with Crippen molar-refractivity contribution in [3.05, 3.63) is 298 Å². The highest BCUT2D eigenvalue weighted by molar-refractivity contribution is 8.26. The maximum absolute atomic E-state index is 13.4. The summed E-state index contributed by atoms with van der Waals surface area (Å²) in [7, 11) is 7.36. The van der Waals surface area contributed by atoms with Crippen molar-refractivity contribution >= 4 is 82.0 Å². The van der Waals surface area contributed by atoms with Crippen LogP contribution in [0.1, 0.15) is 170 Å². The van der Waals surface area contributed by atoms with E-state index in [1.807, 2.05) is 146 Å². The van der Waals surface area contributed by atoms with Crippen molar-refractivity contribution in [2.75, 3.05) is 19.8 Å². The zero-order chi connectivity index (χ0) is 75.3. The van der Waals surface area contributed by atoms with Crippen LogP contribution in [0.25, 0.3) is 17.1 Å². The Bertz CT molecular complexity index is 5070. The minimum atomic E-state index is -1.67. The van der Waals surface area contributed by atoms with Crippen molar-refractivity contribution < 1.29 is 38.3 Å². The number of hydrogen-bond donors (Lipinski definition) is 3. The average Bonchev–Trinajstić information content (AvgIpc) is 1.70. The van der Waals surface area contributed by atoms with Gasteiger partial charge in [-0.25, -0.2) is 33.2 Å². The Hall–Kier alpha value is -9.64. The molecule has 26 heteroatoms. The van der Waals surface area contributed by atoms with Crippen LogP contribution in [0.3, 0.4) is 0 Å². The number of ketones is 3. The number of hydrogen-bond acceptors (Lipinski definition) is 20. The van der Waals surface area contributed by atoms with E-state index in [9.17, 15) is 24.8 Å². The molecule has 3 saturated carbocycles. The highest BCUT2D eigenvalue weighted by atomic mass is 36.0. The number of Topliss-reactive ketones (excluding diaryl/α,β-unsaturated/α-hetero) is 3. The van der Waals surface area contributed by atoms with Crippen LogP contribution >= 0.6 is 55.4 Å². The molecule has 3 aliphatic rings. The number of nitrogens with zero attached hydrogens (tertiary/aromatic N) is 11. The Labute approximate surface area is 644 Å². The minimum Gasteiger partial charge on any atom is -0.396 e. The molecule has 6 aromatic heterocycles. The number of aryl methyl sites for hydroxylation is 3. The first-order chi connectivity index (χ1) is 51.9. The van der Waals surface area contributed by atoms with E-state index in [0.717, 1.165) is 73.7 Å². The number of halogens is 2. The monoisotopic (exact) mass is 1540 g/mol. The molecule has 6 aromatic carbocycles. The highest BCUT2D eigenvalue weighted by Gasteiger charge is 2.29. The summed E-state index contributed by atoms with van der Waals surface area (Å²) in [6.45, 7) is 7.91. The highest BCUT2D eigenvalue weighted by Crippen LogP contribution is 2.37. The molecule has 0 bridgehead atoms. The van der Waals surface area contributed by atoms with Crippen LogP contribution in [0.15, 0.2) is 199 Å². The number of aliphatic hydroxyl groups is 2. The molecule has 3 aliphatic carbocycles. The van der Waals surface area contributed by atoms with E-state index in [-0.39, 0.29) is 48.8 Å². The normalized spacial score (nSPS) is 13.7. The summed E-state index contributed by atoms with van der Waals surface area (Å²) in [5.41, 5.74) is 19.2. The Morgan fingerprint density at radius 3 is 1.21 bits per heavy atom. The molecule has 4 N–H and O–H groups in total. The lowest BCUT2D eigenvalue weighted by atomic mass is 10.0. The number of nitriles is 2. The van der Waals surface area contributed by atoms with Crippen molar-refractivity contribution in [3.63, 3.8) is 0 Å². The summed E-state index contributed by atoms with van der Waals surface area (Å²) in [6.07, 6.45) is 12.1. The van der Waals surface area contributed by atoms with Crippen molar-refractivity contribution in [2.24, 2.45) is 23.5 Å². The lowest BCUT2D eigenvalue weighted by Crippen LogP contribution is -2.13. The molecule has 3 fully saturated rings. The molecular formula is C81H78Cl2N12O8S4. The van der Waals surface area contributed by atoms with E-state index in [0.29, 0.717) is 86.8 Å². The number of rotatable bonds is 26. The topological polar surface area (TPSA) is 293 Å².